The number of aryl methyl sites for hydroxylation is 1. The Bertz CT molecular complexity index is 751. The highest BCUT2D eigenvalue weighted by molar-refractivity contribution is 7.94. The summed E-state index contributed by atoms with van der Waals surface area (Å²) in [6, 6.07) is 9.36. The molecule has 2 N–H and O–H groups in total. The van der Waals surface area contributed by atoms with Gasteiger partial charge in [0.25, 0.3) is 10.0 Å². The number of thiophene rings is 1. The largest absolute Gasteiger partial charge is 0.312 e. The fourth-order valence-corrected chi connectivity index (χ4v) is 4.89. The Labute approximate surface area is 129 Å². The minimum absolute atomic E-state index is 0.376. The van der Waals surface area contributed by atoms with Crippen LogP contribution < -0.4 is 10.0 Å². The van der Waals surface area contributed by atoms with Crippen molar-refractivity contribution in [3.05, 3.63) is 46.3 Å². The van der Waals surface area contributed by atoms with E-state index >= 15 is 0 Å². The first-order valence-corrected chi connectivity index (χ1v) is 9.33. The van der Waals surface area contributed by atoms with Gasteiger partial charge in [0.2, 0.25) is 0 Å². The van der Waals surface area contributed by atoms with Gasteiger partial charge >= 0.3 is 0 Å². The molecule has 0 amide bonds. The Hall–Kier alpha value is -1.37. The summed E-state index contributed by atoms with van der Waals surface area (Å²) < 4.78 is 28.1. The van der Waals surface area contributed by atoms with E-state index in [9.17, 15) is 8.42 Å². The van der Waals surface area contributed by atoms with Crippen LogP contribution >= 0.6 is 11.3 Å². The second kappa shape index (κ2) is 5.79. The second-order valence-electron chi connectivity index (χ2n) is 5.05. The maximum absolute atomic E-state index is 12.5. The standard InChI is InChI=1S/C15H18N2O2S2/c1-2-12-6-7-15(20-12)21(18,19)17-14-5-3-4-11-8-9-16-10-13(11)14/h3-7,16-17H,2,8-10H2,1H3. The zero-order chi connectivity index (χ0) is 14.9. The number of sulfonamides is 1. The second-order valence-corrected chi connectivity index (χ2v) is 8.13. The van der Waals surface area contributed by atoms with Crippen LogP contribution in [0.15, 0.2) is 34.5 Å². The molecule has 0 saturated carbocycles. The van der Waals surface area contributed by atoms with E-state index in [0.717, 1.165) is 29.8 Å². The Morgan fingerprint density at radius 3 is 2.90 bits per heavy atom. The van der Waals surface area contributed by atoms with E-state index < -0.39 is 10.0 Å². The van der Waals surface area contributed by atoms with Gasteiger partial charge in [-0.1, -0.05) is 19.1 Å². The average molecular weight is 322 g/mol. The van der Waals surface area contributed by atoms with Gasteiger partial charge in [-0.05, 0) is 48.7 Å². The van der Waals surface area contributed by atoms with Gasteiger partial charge in [-0.25, -0.2) is 8.42 Å². The fraction of sp³-hybridized carbons (Fsp3) is 0.333. The molecule has 0 aliphatic carbocycles. The molecule has 4 nitrogen and oxygen atoms in total. The van der Waals surface area contributed by atoms with Gasteiger partial charge < -0.3 is 5.32 Å². The highest BCUT2D eigenvalue weighted by atomic mass is 32.2. The minimum Gasteiger partial charge on any atom is -0.312 e. The van der Waals surface area contributed by atoms with E-state index in [0.29, 0.717) is 16.4 Å². The molecule has 1 aromatic carbocycles. The van der Waals surface area contributed by atoms with Gasteiger partial charge in [-0.15, -0.1) is 11.3 Å². The third kappa shape index (κ3) is 2.97. The summed E-state index contributed by atoms with van der Waals surface area (Å²) >= 11 is 1.33. The number of fused-ring (bicyclic) bond motifs is 1. The number of nitrogens with one attached hydrogen (secondary N) is 2. The summed E-state index contributed by atoms with van der Waals surface area (Å²) in [6.07, 6.45) is 1.79. The van der Waals surface area contributed by atoms with Gasteiger partial charge in [0.05, 0.1) is 5.69 Å². The van der Waals surface area contributed by atoms with Crippen LogP contribution in [0.2, 0.25) is 0 Å². The van der Waals surface area contributed by atoms with Crippen molar-refractivity contribution >= 4 is 27.0 Å². The first-order chi connectivity index (χ1) is 10.1. The number of rotatable bonds is 4. The van der Waals surface area contributed by atoms with Crippen molar-refractivity contribution in [1.29, 1.82) is 0 Å². The Morgan fingerprint density at radius 1 is 1.29 bits per heavy atom. The van der Waals surface area contributed by atoms with Gasteiger partial charge in [0.15, 0.2) is 0 Å². The highest BCUT2D eigenvalue weighted by Gasteiger charge is 2.20. The fourth-order valence-electron chi connectivity index (χ4n) is 2.50. The molecule has 2 aromatic rings. The molecule has 3 rings (SSSR count). The van der Waals surface area contributed by atoms with Crippen LogP contribution in [0.1, 0.15) is 22.9 Å². The SMILES string of the molecule is CCc1ccc(S(=O)(=O)Nc2cccc3c2CNCC3)s1. The van der Waals surface area contributed by atoms with Crippen molar-refractivity contribution in [2.45, 2.75) is 30.5 Å². The lowest BCUT2D eigenvalue weighted by Crippen LogP contribution is -2.25. The monoisotopic (exact) mass is 322 g/mol. The van der Waals surface area contributed by atoms with Crippen LogP contribution in [0.3, 0.4) is 0 Å². The van der Waals surface area contributed by atoms with Gasteiger partial charge in [-0.2, -0.15) is 0 Å². The molecule has 1 aliphatic heterocycles. The van der Waals surface area contributed by atoms with Crippen LogP contribution in [-0.2, 0) is 29.4 Å². The van der Waals surface area contributed by atoms with Crippen molar-refractivity contribution in [3.8, 4) is 0 Å². The zero-order valence-corrected chi connectivity index (χ0v) is 13.5. The van der Waals surface area contributed by atoms with E-state index in [1.54, 1.807) is 6.07 Å². The lowest BCUT2D eigenvalue weighted by atomic mass is 10.00. The first-order valence-electron chi connectivity index (χ1n) is 7.03. The van der Waals surface area contributed by atoms with Crippen LogP contribution in [0, 0.1) is 0 Å². The molecule has 1 aliphatic rings. The molecule has 0 radical (unpaired) electrons. The molecule has 0 unspecified atom stereocenters. The molecule has 112 valence electrons. The molecule has 0 saturated heterocycles. The minimum atomic E-state index is -3.50. The van der Waals surface area contributed by atoms with Crippen molar-refractivity contribution in [3.63, 3.8) is 0 Å². The molecule has 0 atom stereocenters. The topological polar surface area (TPSA) is 58.2 Å². The molecular weight excluding hydrogens is 304 g/mol. The molecule has 2 heterocycles. The van der Waals surface area contributed by atoms with Crippen LogP contribution in [-0.4, -0.2) is 15.0 Å². The van der Waals surface area contributed by atoms with Crippen molar-refractivity contribution in [1.82, 2.24) is 5.32 Å². The van der Waals surface area contributed by atoms with Gasteiger partial charge in [0, 0.05) is 11.4 Å². The van der Waals surface area contributed by atoms with Crippen molar-refractivity contribution in [2.75, 3.05) is 11.3 Å². The highest BCUT2D eigenvalue weighted by Crippen LogP contribution is 2.28. The van der Waals surface area contributed by atoms with Gasteiger partial charge in [-0.3, -0.25) is 4.72 Å². The van der Waals surface area contributed by atoms with Gasteiger partial charge in [0.1, 0.15) is 4.21 Å². The number of anilines is 1. The Morgan fingerprint density at radius 2 is 2.14 bits per heavy atom. The van der Waals surface area contributed by atoms with E-state index in [1.807, 2.05) is 25.1 Å². The smallest absolute Gasteiger partial charge is 0.271 e. The number of hydrogen-bond donors (Lipinski definition) is 2. The average Bonchev–Trinajstić information content (AvgIpc) is 2.97. The summed E-state index contributed by atoms with van der Waals surface area (Å²) in [7, 11) is -3.50. The first kappa shape index (κ1) is 14.6. The molecule has 0 bridgehead atoms. The molecule has 6 heteroatoms. The van der Waals surface area contributed by atoms with Crippen molar-refractivity contribution < 1.29 is 8.42 Å². The third-order valence-corrected chi connectivity index (χ3v) is 6.73. The van der Waals surface area contributed by atoms with E-state index in [4.69, 9.17) is 0 Å². The van der Waals surface area contributed by atoms with E-state index in [-0.39, 0.29) is 0 Å². The molecule has 0 spiro atoms. The maximum atomic E-state index is 12.5. The zero-order valence-electron chi connectivity index (χ0n) is 11.8. The van der Waals surface area contributed by atoms with Crippen LogP contribution in [0.5, 0.6) is 0 Å². The lowest BCUT2D eigenvalue weighted by Gasteiger charge is -2.20. The number of benzene rings is 1. The predicted octanol–water partition coefficient (Wildman–Crippen LogP) is 2.76. The van der Waals surface area contributed by atoms with Crippen LogP contribution in [0.4, 0.5) is 5.69 Å². The van der Waals surface area contributed by atoms with Crippen LogP contribution in [0.25, 0.3) is 0 Å². The molecular formula is C15H18N2O2S2. The Balaban J connectivity index is 1.92. The lowest BCUT2D eigenvalue weighted by molar-refractivity contribution is 0.602. The quantitative estimate of drug-likeness (QED) is 0.910. The summed E-state index contributed by atoms with van der Waals surface area (Å²) in [5, 5.41) is 3.29. The summed E-state index contributed by atoms with van der Waals surface area (Å²) in [6.45, 7) is 3.67. The summed E-state index contributed by atoms with van der Waals surface area (Å²) in [5.74, 6) is 0. The summed E-state index contributed by atoms with van der Waals surface area (Å²) in [4.78, 5) is 1.08. The van der Waals surface area contributed by atoms with Crippen molar-refractivity contribution in [2.24, 2.45) is 0 Å². The molecule has 1 aromatic heterocycles. The third-order valence-electron chi connectivity index (χ3n) is 3.64. The molecule has 21 heavy (non-hydrogen) atoms. The predicted molar refractivity (Wildman–Crippen MR) is 86.4 cm³/mol. The Kier molecular flexibility index (Phi) is 4.01. The molecule has 0 fully saturated rings. The normalized spacial score (nSPS) is 14.7. The maximum Gasteiger partial charge on any atom is 0.271 e. The van der Waals surface area contributed by atoms with E-state index in [1.165, 1.54) is 16.9 Å². The van der Waals surface area contributed by atoms with E-state index in [2.05, 4.69) is 16.1 Å². The number of hydrogen-bond acceptors (Lipinski definition) is 4. The summed E-state index contributed by atoms with van der Waals surface area (Å²) in [5.41, 5.74) is 2.96.